The van der Waals surface area contributed by atoms with Gasteiger partial charge in [0.25, 0.3) is 5.91 Å². The number of likely N-dealkylation sites (N-methyl/N-ethyl adjacent to an activating group) is 1. The topological polar surface area (TPSA) is 46.2 Å². The number of rotatable bonds is 1. The summed E-state index contributed by atoms with van der Waals surface area (Å²) in [6, 6.07) is 7.48. The van der Waals surface area contributed by atoms with E-state index in [4.69, 9.17) is 0 Å². The van der Waals surface area contributed by atoms with Crippen molar-refractivity contribution >= 4 is 17.3 Å². The number of hydrogen-bond donors (Lipinski definition) is 1. The van der Waals surface area contributed by atoms with Gasteiger partial charge in [0.1, 0.15) is 0 Å². The maximum absolute atomic E-state index is 11.5. The molecule has 0 saturated heterocycles. The third-order valence-corrected chi connectivity index (χ3v) is 2.45. The van der Waals surface area contributed by atoms with E-state index in [9.17, 15) is 9.59 Å². The van der Waals surface area contributed by atoms with Gasteiger partial charge >= 0.3 is 0 Å². The molecule has 1 amide bonds. The van der Waals surface area contributed by atoms with Gasteiger partial charge in [-0.1, -0.05) is 24.3 Å². The highest BCUT2D eigenvalue weighted by atomic mass is 16.2. The van der Waals surface area contributed by atoms with Gasteiger partial charge in [-0.2, -0.15) is 0 Å². The van der Waals surface area contributed by atoms with E-state index in [1.807, 2.05) is 24.3 Å². The zero-order chi connectivity index (χ0) is 10.8. The van der Waals surface area contributed by atoms with Crippen molar-refractivity contribution in [1.82, 2.24) is 5.32 Å². The SMILES string of the molecule is CNC(=O)C1=CC(=O)Cc2ccccc21. The minimum Gasteiger partial charge on any atom is -0.355 e. The number of carbonyl (C=O) groups is 2. The number of benzene rings is 1. The molecule has 0 bridgehead atoms. The van der Waals surface area contributed by atoms with Crippen LogP contribution in [0.5, 0.6) is 0 Å². The second-order valence-corrected chi connectivity index (χ2v) is 3.44. The Labute approximate surface area is 87.8 Å². The molecule has 76 valence electrons. The molecule has 0 atom stereocenters. The fraction of sp³-hybridized carbons (Fsp3) is 0.167. The van der Waals surface area contributed by atoms with E-state index in [0.717, 1.165) is 11.1 Å². The maximum atomic E-state index is 11.5. The van der Waals surface area contributed by atoms with Crippen molar-refractivity contribution < 1.29 is 9.59 Å². The molecule has 0 fully saturated rings. The summed E-state index contributed by atoms with van der Waals surface area (Å²) in [5.74, 6) is -0.234. The summed E-state index contributed by atoms with van der Waals surface area (Å²) in [5, 5.41) is 2.54. The van der Waals surface area contributed by atoms with Crippen molar-refractivity contribution in [2.75, 3.05) is 7.05 Å². The molecule has 1 aliphatic carbocycles. The Kier molecular flexibility index (Phi) is 2.37. The molecular weight excluding hydrogens is 190 g/mol. The quantitative estimate of drug-likeness (QED) is 0.735. The van der Waals surface area contributed by atoms with Crippen molar-refractivity contribution in [3.63, 3.8) is 0 Å². The Morgan fingerprint density at radius 1 is 1.33 bits per heavy atom. The van der Waals surface area contributed by atoms with E-state index in [-0.39, 0.29) is 11.7 Å². The first-order valence-corrected chi connectivity index (χ1v) is 4.77. The van der Waals surface area contributed by atoms with Crippen molar-refractivity contribution in [3.8, 4) is 0 Å². The third-order valence-electron chi connectivity index (χ3n) is 2.45. The summed E-state index contributed by atoms with van der Waals surface area (Å²) in [5.41, 5.74) is 2.24. The zero-order valence-electron chi connectivity index (χ0n) is 8.41. The monoisotopic (exact) mass is 201 g/mol. The van der Waals surface area contributed by atoms with Gasteiger partial charge in [-0.25, -0.2) is 0 Å². The van der Waals surface area contributed by atoms with E-state index in [1.54, 1.807) is 7.05 Å². The van der Waals surface area contributed by atoms with Crippen LogP contribution in [0.4, 0.5) is 0 Å². The molecule has 0 saturated carbocycles. The second-order valence-electron chi connectivity index (χ2n) is 3.44. The minimum atomic E-state index is -0.213. The molecule has 0 unspecified atom stereocenters. The summed E-state index contributed by atoms with van der Waals surface area (Å²) in [6.07, 6.45) is 1.80. The van der Waals surface area contributed by atoms with Crippen LogP contribution in [0.3, 0.4) is 0 Å². The Hall–Kier alpha value is -1.90. The van der Waals surface area contributed by atoms with E-state index in [2.05, 4.69) is 5.32 Å². The van der Waals surface area contributed by atoms with Gasteiger partial charge in [0.05, 0.1) is 5.57 Å². The molecule has 2 rings (SSSR count). The molecule has 1 N–H and O–H groups in total. The van der Waals surface area contributed by atoms with E-state index >= 15 is 0 Å². The first-order valence-electron chi connectivity index (χ1n) is 4.77. The van der Waals surface area contributed by atoms with Crippen LogP contribution in [0.25, 0.3) is 5.57 Å². The van der Waals surface area contributed by atoms with Crippen LogP contribution in [0.15, 0.2) is 30.3 Å². The van der Waals surface area contributed by atoms with Gasteiger partial charge in [0.2, 0.25) is 0 Å². The zero-order valence-corrected chi connectivity index (χ0v) is 8.41. The number of fused-ring (bicyclic) bond motifs is 1. The van der Waals surface area contributed by atoms with Crippen LogP contribution in [0, 0.1) is 0 Å². The minimum absolute atomic E-state index is 0.0210. The van der Waals surface area contributed by atoms with Gasteiger partial charge in [-0.3, -0.25) is 9.59 Å². The van der Waals surface area contributed by atoms with Crippen LogP contribution < -0.4 is 5.32 Å². The van der Waals surface area contributed by atoms with Gasteiger partial charge in [0.15, 0.2) is 5.78 Å². The molecule has 0 spiro atoms. The summed E-state index contributed by atoms with van der Waals surface area (Å²) in [4.78, 5) is 22.9. The smallest absolute Gasteiger partial charge is 0.251 e. The summed E-state index contributed by atoms with van der Waals surface area (Å²) >= 11 is 0. The van der Waals surface area contributed by atoms with Crippen molar-refractivity contribution in [2.45, 2.75) is 6.42 Å². The third kappa shape index (κ3) is 1.68. The lowest BCUT2D eigenvalue weighted by Gasteiger charge is -2.15. The highest BCUT2D eigenvalue weighted by Crippen LogP contribution is 2.24. The average molecular weight is 201 g/mol. The summed E-state index contributed by atoms with van der Waals surface area (Å²) in [7, 11) is 1.56. The lowest BCUT2D eigenvalue weighted by molar-refractivity contribution is -0.116. The van der Waals surface area contributed by atoms with Crippen LogP contribution in [0.2, 0.25) is 0 Å². The Morgan fingerprint density at radius 2 is 2.07 bits per heavy atom. The first kappa shape index (κ1) is 9.65. The number of allylic oxidation sites excluding steroid dienone is 1. The fourth-order valence-corrected chi connectivity index (χ4v) is 1.74. The van der Waals surface area contributed by atoms with E-state index in [1.165, 1.54) is 6.08 Å². The lowest BCUT2D eigenvalue weighted by Crippen LogP contribution is -2.23. The number of carbonyl (C=O) groups excluding carboxylic acids is 2. The lowest BCUT2D eigenvalue weighted by atomic mass is 9.90. The Balaban J connectivity index is 2.54. The molecular formula is C12H11NO2. The first-order chi connectivity index (χ1) is 7.22. The molecule has 3 nitrogen and oxygen atoms in total. The molecule has 15 heavy (non-hydrogen) atoms. The normalized spacial score (nSPS) is 14.2. The molecule has 1 aromatic carbocycles. The molecule has 0 heterocycles. The van der Waals surface area contributed by atoms with E-state index < -0.39 is 0 Å². The molecule has 1 aliphatic rings. The summed E-state index contributed by atoms with van der Waals surface area (Å²) in [6.45, 7) is 0. The number of ketones is 1. The van der Waals surface area contributed by atoms with Crippen LogP contribution in [0.1, 0.15) is 11.1 Å². The van der Waals surface area contributed by atoms with Crippen LogP contribution in [-0.4, -0.2) is 18.7 Å². The van der Waals surface area contributed by atoms with E-state index in [0.29, 0.717) is 12.0 Å². The van der Waals surface area contributed by atoms with Gasteiger partial charge < -0.3 is 5.32 Å². The highest BCUT2D eigenvalue weighted by Gasteiger charge is 2.20. The van der Waals surface area contributed by atoms with Crippen molar-refractivity contribution in [2.24, 2.45) is 0 Å². The van der Waals surface area contributed by atoms with Crippen LogP contribution in [-0.2, 0) is 16.0 Å². The molecule has 1 aromatic rings. The summed E-state index contributed by atoms with van der Waals surface area (Å²) < 4.78 is 0. The number of hydrogen-bond acceptors (Lipinski definition) is 2. The van der Waals surface area contributed by atoms with Crippen LogP contribution >= 0.6 is 0 Å². The van der Waals surface area contributed by atoms with Gasteiger partial charge in [0, 0.05) is 13.5 Å². The second kappa shape index (κ2) is 3.69. The Morgan fingerprint density at radius 3 is 2.80 bits per heavy atom. The molecule has 0 radical (unpaired) electrons. The molecule has 3 heteroatoms. The van der Waals surface area contributed by atoms with Gasteiger partial charge in [-0.15, -0.1) is 0 Å². The average Bonchev–Trinajstić information content (AvgIpc) is 2.26. The van der Waals surface area contributed by atoms with Crippen molar-refractivity contribution in [1.29, 1.82) is 0 Å². The predicted octanol–water partition coefficient (Wildman–Crippen LogP) is 0.941. The highest BCUT2D eigenvalue weighted by molar-refractivity contribution is 6.25. The Bertz CT molecular complexity index is 460. The molecule has 0 aromatic heterocycles. The maximum Gasteiger partial charge on any atom is 0.251 e. The fourth-order valence-electron chi connectivity index (χ4n) is 1.74. The number of nitrogens with one attached hydrogen (secondary N) is 1. The standard InChI is InChI=1S/C12H11NO2/c1-13-12(15)11-7-9(14)6-8-4-2-3-5-10(8)11/h2-5,7H,6H2,1H3,(H,13,15). The molecule has 0 aliphatic heterocycles. The predicted molar refractivity (Wildman–Crippen MR) is 57.2 cm³/mol. The largest absolute Gasteiger partial charge is 0.355 e. The number of amides is 1. The van der Waals surface area contributed by atoms with Gasteiger partial charge in [-0.05, 0) is 17.2 Å². The van der Waals surface area contributed by atoms with Crippen molar-refractivity contribution in [3.05, 3.63) is 41.5 Å².